The number of fused-ring (bicyclic) bond motifs is 2. The predicted octanol–water partition coefficient (Wildman–Crippen LogP) is 3.87. The number of carbonyl (C=O) groups excluding carboxylic acids is 3. The van der Waals surface area contributed by atoms with Gasteiger partial charge in [-0.05, 0) is 29.3 Å². The Morgan fingerprint density at radius 2 is 1.59 bits per heavy atom. The molecule has 0 radical (unpaired) electrons. The normalized spacial score (nSPS) is 12.3. The molecule has 0 unspecified atom stereocenters. The van der Waals surface area contributed by atoms with Crippen LogP contribution in [0.2, 0.25) is 0 Å². The quantitative estimate of drug-likeness (QED) is 0.521. The number of hydrogen-bond donors (Lipinski definition) is 0. The van der Waals surface area contributed by atoms with E-state index in [4.69, 9.17) is 4.74 Å². The van der Waals surface area contributed by atoms with Crippen LogP contribution in [0, 0.1) is 0 Å². The third-order valence-corrected chi connectivity index (χ3v) is 4.82. The number of hydrogen-bond acceptors (Lipinski definition) is 4. The monoisotopic (exact) mass is 356 g/mol. The molecule has 0 aliphatic heterocycles. The molecule has 1 aliphatic rings. The third kappa shape index (κ3) is 2.75. The van der Waals surface area contributed by atoms with Gasteiger partial charge < -0.3 is 4.74 Å². The summed E-state index contributed by atoms with van der Waals surface area (Å²) in [6, 6.07) is 17.9. The lowest BCUT2D eigenvalue weighted by molar-refractivity contribution is 0.0976. The van der Waals surface area contributed by atoms with Crippen molar-refractivity contribution in [1.82, 2.24) is 0 Å². The molecule has 132 valence electrons. The summed E-state index contributed by atoms with van der Waals surface area (Å²) in [6.07, 6.45) is 1.26. The molecular formula is C23H16O4. The number of methoxy groups -OCH3 is 1. The smallest absolute Gasteiger partial charge is 0.198 e. The molecule has 0 spiro atoms. The van der Waals surface area contributed by atoms with Crippen molar-refractivity contribution in [1.29, 1.82) is 0 Å². The number of aldehydes is 1. The van der Waals surface area contributed by atoms with Crippen molar-refractivity contribution in [2.45, 2.75) is 6.42 Å². The van der Waals surface area contributed by atoms with Crippen LogP contribution in [0.4, 0.5) is 0 Å². The Morgan fingerprint density at radius 3 is 2.30 bits per heavy atom. The van der Waals surface area contributed by atoms with E-state index in [1.54, 1.807) is 12.1 Å². The van der Waals surface area contributed by atoms with E-state index < -0.39 is 0 Å². The summed E-state index contributed by atoms with van der Waals surface area (Å²) in [5.74, 6) is -0.100. The van der Waals surface area contributed by atoms with Gasteiger partial charge in [-0.25, -0.2) is 0 Å². The Labute approximate surface area is 156 Å². The van der Waals surface area contributed by atoms with Gasteiger partial charge in [-0.15, -0.1) is 0 Å². The van der Waals surface area contributed by atoms with E-state index >= 15 is 0 Å². The van der Waals surface area contributed by atoms with E-state index in [2.05, 4.69) is 0 Å². The Kier molecular flexibility index (Phi) is 4.16. The Bertz CT molecular complexity index is 1080. The summed E-state index contributed by atoms with van der Waals surface area (Å²) in [6.45, 7) is 0. The van der Waals surface area contributed by atoms with Gasteiger partial charge in [-0.1, -0.05) is 42.5 Å². The number of carbonyl (C=O) groups is 3. The molecule has 0 N–H and O–H groups in total. The first kappa shape index (κ1) is 16.9. The Balaban J connectivity index is 1.86. The van der Waals surface area contributed by atoms with Crippen LogP contribution < -0.4 is 4.74 Å². The lowest BCUT2D eigenvalue weighted by Crippen LogP contribution is -2.22. The molecule has 4 heteroatoms. The average Bonchev–Trinajstić information content (AvgIpc) is 2.72. The standard InChI is InChI=1S/C23H16O4/c1-27-23-16(11-14-5-3-2-4-6-14)8-10-18-20(23)22(26)17-9-7-15(13-24)12-19(17)21(18)25/h2-10,12-13H,11H2,1H3. The fraction of sp³-hybridized carbons (Fsp3) is 0.0870. The topological polar surface area (TPSA) is 60.4 Å². The maximum Gasteiger partial charge on any atom is 0.198 e. The summed E-state index contributed by atoms with van der Waals surface area (Å²) in [5.41, 5.74) is 3.46. The largest absolute Gasteiger partial charge is 0.496 e. The molecule has 0 bridgehead atoms. The lowest BCUT2D eigenvalue weighted by atomic mass is 9.81. The Hall–Kier alpha value is -3.53. The Morgan fingerprint density at radius 1 is 0.852 bits per heavy atom. The highest BCUT2D eigenvalue weighted by Crippen LogP contribution is 2.36. The van der Waals surface area contributed by atoms with Crippen molar-refractivity contribution in [2.75, 3.05) is 7.11 Å². The highest BCUT2D eigenvalue weighted by Gasteiger charge is 2.33. The maximum absolute atomic E-state index is 13.1. The van der Waals surface area contributed by atoms with Crippen LogP contribution in [0.15, 0.2) is 60.7 Å². The first-order chi connectivity index (χ1) is 13.1. The van der Waals surface area contributed by atoms with Crippen LogP contribution in [-0.2, 0) is 6.42 Å². The van der Waals surface area contributed by atoms with Gasteiger partial charge in [-0.3, -0.25) is 14.4 Å². The molecular weight excluding hydrogens is 340 g/mol. The second-order valence-electron chi connectivity index (χ2n) is 6.42. The molecule has 3 aromatic rings. The summed E-state index contributed by atoms with van der Waals surface area (Å²) < 4.78 is 5.57. The van der Waals surface area contributed by atoms with Crippen LogP contribution in [0.25, 0.3) is 0 Å². The van der Waals surface area contributed by atoms with Gasteiger partial charge in [0.05, 0.1) is 12.7 Å². The second kappa shape index (κ2) is 6.65. The van der Waals surface area contributed by atoms with Crippen LogP contribution >= 0.6 is 0 Å². The first-order valence-corrected chi connectivity index (χ1v) is 8.56. The minimum Gasteiger partial charge on any atom is -0.496 e. The average molecular weight is 356 g/mol. The fourth-order valence-corrected chi connectivity index (χ4v) is 3.53. The summed E-state index contributed by atoms with van der Waals surface area (Å²) in [5, 5.41) is 0. The van der Waals surface area contributed by atoms with Crippen molar-refractivity contribution in [2.24, 2.45) is 0 Å². The van der Waals surface area contributed by atoms with Crippen molar-refractivity contribution in [3.8, 4) is 5.75 Å². The summed E-state index contributed by atoms with van der Waals surface area (Å²) >= 11 is 0. The summed E-state index contributed by atoms with van der Waals surface area (Å²) in [4.78, 5) is 37.1. The molecule has 0 saturated heterocycles. The number of ether oxygens (including phenoxy) is 1. The minimum atomic E-state index is -0.270. The van der Waals surface area contributed by atoms with E-state index in [9.17, 15) is 14.4 Å². The van der Waals surface area contributed by atoms with Gasteiger partial charge >= 0.3 is 0 Å². The van der Waals surface area contributed by atoms with E-state index in [0.29, 0.717) is 40.7 Å². The zero-order valence-electron chi connectivity index (χ0n) is 14.7. The van der Waals surface area contributed by atoms with Gasteiger partial charge in [0, 0.05) is 28.7 Å². The summed E-state index contributed by atoms with van der Waals surface area (Å²) in [7, 11) is 1.51. The van der Waals surface area contributed by atoms with Crippen LogP contribution in [0.5, 0.6) is 5.75 Å². The predicted molar refractivity (Wildman–Crippen MR) is 101 cm³/mol. The van der Waals surface area contributed by atoms with Crippen LogP contribution in [-0.4, -0.2) is 25.0 Å². The van der Waals surface area contributed by atoms with Gasteiger partial charge in [0.2, 0.25) is 0 Å². The minimum absolute atomic E-state index is 0.259. The van der Waals surface area contributed by atoms with Gasteiger partial charge in [0.25, 0.3) is 0 Å². The molecule has 27 heavy (non-hydrogen) atoms. The van der Waals surface area contributed by atoms with E-state index in [1.165, 1.54) is 19.2 Å². The van der Waals surface area contributed by atoms with Crippen molar-refractivity contribution in [3.05, 3.63) is 99.6 Å². The number of ketones is 2. The number of rotatable bonds is 4. The van der Waals surface area contributed by atoms with E-state index in [0.717, 1.165) is 11.1 Å². The zero-order valence-corrected chi connectivity index (χ0v) is 14.7. The van der Waals surface area contributed by atoms with Gasteiger partial charge in [0.15, 0.2) is 11.6 Å². The number of benzene rings is 3. The zero-order chi connectivity index (χ0) is 19.0. The SMILES string of the molecule is COc1c(Cc2ccccc2)ccc2c1C(=O)c1ccc(C=O)cc1C2=O. The van der Waals surface area contributed by atoms with E-state index in [1.807, 2.05) is 36.4 Å². The molecule has 0 atom stereocenters. The molecule has 0 fully saturated rings. The second-order valence-corrected chi connectivity index (χ2v) is 6.42. The first-order valence-electron chi connectivity index (χ1n) is 8.56. The molecule has 0 saturated carbocycles. The highest BCUT2D eigenvalue weighted by molar-refractivity contribution is 6.29. The lowest BCUT2D eigenvalue weighted by Gasteiger charge is -2.22. The van der Waals surface area contributed by atoms with Crippen molar-refractivity contribution < 1.29 is 19.1 Å². The molecule has 1 aliphatic carbocycles. The highest BCUT2D eigenvalue weighted by atomic mass is 16.5. The van der Waals surface area contributed by atoms with Crippen molar-refractivity contribution >= 4 is 17.9 Å². The maximum atomic E-state index is 13.1. The third-order valence-electron chi connectivity index (χ3n) is 4.82. The molecule has 4 nitrogen and oxygen atoms in total. The molecule has 0 aromatic heterocycles. The van der Waals surface area contributed by atoms with Gasteiger partial charge in [-0.2, -0.15) is 0 Å². The molecule has 4 rings (SSSR count). The van der Waals surface area contributed by atoms with Crippen molar-refractivity contribution in [3.63, 3.8) is 0 Å². The molecule has 3 aromatic carbocycles. The molecule has 0 amide bonds. The van der Waals surface area contributed by atoms with Crippen LogP contribution in [0.3, 0.4) is 0 Å². The molecule has 0 heterocycles. The van der Waals surface area contributed by atoms with Crippen LogP contribution in [0.1, 0.15) is 53.3 Å². The van der Waals surface area contributed by atoms with E-state index in [-0.39, 0.29) is 17.1 Å². The van der Waals surface area contributed by atoms with Gasteiger partial charge in [0.1, 0.15) is 12.0 Å². The fourth-order valence-electron chi connectivity index (χ4n) is 3.53.